The summed E-state index contributed by atoms with van der Waals surface area (Å²) in [6, 6.07) is -0.901. The lowest BCUT2D eigenvalue weighted by molar-refractivity contribution is -0.147. The van der Waals surface area contributed by atoms with Crippen LogP contribution in [-0.4, -0.2) is 63.9 Å². The summed E-state index contributed by atoms with van der Waals surface area (Å²) in [4.78, 5) is 23.1. The van der Waals surface area contributed by atoms with E-state index in [1.165, 1.54) is 11.8 Å². The van der Waals surface area contributed by atoms with Crippen LogP contribution < -0.4 is 5.73 Å². The largest absolute Gasteiger partial charge is 0.480 e. The number of aliphatic hydroxyl groups is 1. The van der Waals surface area contributed by atoms with Gasteiger partial charge in [0.05, 0.1) is 12.6 Å². The van der Waals surface area contributed by atoms with Crippen LogP contribution in [0.15, 0.2) is 0 Å². The topological polar surface area (TPSA) is 124 Å². The summed E-state index contributed by atoms with van der Waals surface area (Å²) >= 11 is 0. The van der Waals surface area contributed by atoms with Crippen molar-refractivity contribution < 1.29 is 24.9 Å². The van der Waals surface area contributed by atoms with E-state index in [9.17, 15) is 14.7 Å². The molecule has 0 aliphatic heterocycles. The normalized spacial score (nSPS) is 14.4. The highest BCUT2D eigenvalue weighted by Crippen LogP contribution is 2.10. The number of aliphatic carboxylic acids is 2. The van der Waals surface area contributed by atoms with Gasteiger partial charge in [0.15, 0.2) is 0 Å². The third kappa shape index (κ3) is 7.21. The third-order valence-corrected chi connectivity index (χ3v) is 2.49. The summed E-state index contributed by atoms with van der Waals surface area (Å²) in [6.45, 7) is 1.59. The molecule has 18 heavy (non-hydrogen) atoms. The van der Waals surface area contributed by atoms with E-state index in [1.54, 1.807) is 0 Å². The van der Waals surface area contributed by atoms with Gasteiger partial charge < -0.3 is 21.1 Å². The van der Waals surface area contributed by atoms with E-state index in [2.05, 4.69) is 0 Å². The van der Waals surface area contributed by atoms with Crippen LogP contribution in [0.3, 0.4) is 0 Å². The number of rotatable bonds is 10. The van der Waals surface area contributed by atoms with Crippen molar-refractivity contribution >= 4 is 11.9 Å². The van der Waals surface area contributed by atoms with E-state index < -0.39 is 30.6 Å². The second-order valence-corrected chi connectivity index (χ2v) is 4.31. The number of nitrogens with two attached hydrogens (primary N) is 1. The van der Waals surface area contributed by atoms with Crippen molar-refractivity contribution in [2.75, 3.05) is 19.6 Å². The molecule has 7 nitrogen and oxygen atoms in total. The minimum atomic E-state index is -1.11. The van der Waals surface area contributed by atoms with Crippen molar-refractivity contribution in [3.8, 4) is 0 Å². The number of hydrogen-bond acceptors (Lipinski definition) is 5. The highest BCUT2D eigenvalue weighted by atomic mass is 16.4. The van der Waals surface area contributed by atoms with Crippen molar-refractivity contribution in [1.29, 1.82) is 0 Å². The standard InChI is InChI=1S/C11H22N2O5/c1-8(14)6-13(7-10(15)16)9(11(17)18)4-2-3-5-12/h8-9,14H,2-7,12H2,1H3,(H,15,16)(H,17,18). The van der Waals surface area contributed by atoms with Gasteiger partial charge in [-0.15, -0.1) is 0 Å². The molecule has 0 heterocycles. The summed E-state index contributed by atoms with van der Waals surface area (Å²) in [6.07, 6.45) is 0.857. The van der Waals surface area contributed by atoms with E-state index in [-0.39, 0.29) is 6.54 Å². The minimum absolute atomic E-state index is 0.0197. The molecule has 0 saturated carbocycles. The van der Waals surface area contributed by atoms with Gasteiger partial charge in [0.1, 0.15) is 6.04 Å². The Balaban J connectivity index is 4.62. The summed E-state index contributed by atoms with van der Waals surface area (Å²) < 4.78 is 0. The summed E-state index contributed by atoms with van der Waals surface area (Å²) in [5, 5.41) is 27.2. The molecular weight excluding hydrogens is 240 g/mol. The lowest BCUT2D eigenvalue weighted by Gasteiger charge is -2.28. The summed E-state index contributed by atoms with van der Waals surface area (Å²) in [7, 11) is 0. The maximum atomic E-state index is 11.2. The van der Waals surface area contributed by atoms with Crippen LogP contribution >= 0.6 is 0 Å². The van der Waals surface area contributed by atoms with Gasteiger partial charge >= 0.3 is 11.9 Å². The average Bonchev–Trinajstić information content (AvgIpc) is 2.21. The molecule has 0 bridgehead atoms. The first-order valence-electron chi connectivity index (χ1n) is 5.95. The molecule has 2 unspecified atom stereocenters. The number of carboxylic acid groups (broad SMARTS) is 2. The number of unbranched alkanes of at least 4 members (excludes halogenated alkanes) is 1. The Kier molecular flexibility index (Phi) is 8.27. The molecular formula is C11H22N2O5. The smallest absolute Gasteiger partial charge is 0.320 e. The van der Waals surface area contributed by atoms with Crippen LogP contribution in [-0.2, 0) is 9.59 Å². The van der Waals surface area contributed by atoms with Gasteiger partial charge in [0.25, 0.3) is 0 Å². The van der Waals surface area contributed by atoms with Gasteiger partial charge in [-0.1, -0.05) is 6.42 Å². The van der Waals surface area contributed by atoms with E-state index in [0.29, 0.717) is 25.8 Å². The molecule has 0 aromatic heterocycles. The highest BCUT2D eigenvalue weighted by Gasteiger charge is 2.27. The first kappa shape index (κ1) is 16.8. The van der Waals surface area contributed by atoms with Crippen LogP contribution in [0.5, 0.6) is 0 Å². The van der Waals surface area contributed by atoms with Gasteiger partial charge in [-0.2, -0.15) is 0 Å². The van der Waals surface area contributed by atoms with Gasteiger partial charge in [0, 0.05) is 6.54 Å². The molecule has 0 aromatic rings. The zero-order valence-electron chi connectivity index (χ0n) is 10.6. The predicted molar refractivity (Wildman–Crippen MR) is 65.2 cm³/mol. The van der Waals surface area contributed by atoms with E-state index in [4.69, 9.17) is 15.9 Å². The zero-order valence-corrected chi connectivity index (χ0v) is 10.6. The third-order valence-electron chi connectivity index (χ3n) is 2.49. The molecule has 106 valence electrons. The van der Waals surface area contributed by atoms with E-state index >= 15 is 0 Å². The second kappa shape index (κ2) is 8.84. The van der Waals surface area contributed by atoms with Crippen LogP contribution in [0.1, 0.15) is 26.2 Å². The fourth-order valence-electron chi connectivity index (χ4n) is 1.76. The maximum absolute atomic E-state index is 11.2. The van der Waals surface area contributed by atoms with Crippen LogP contribution in [0, 0.1) is 0 Å². The molecule has 0 spiro atoms. The highest BCUT2D eigenvalue weighted by molar-refractivity contribution is 5.75. The molecule has 7 heteroatoms. The summed E-state index contributed by atoms with van der Waals surface area (Å²) in [5.74, 6) is -2.19. The van der Waals surface area contributed by atoms with Crippen LogP contribution in [0.4, 0.5) is 0 Å². The second-order valence-electron chi connectivity index (χ2n) is 4.31. The van der Waals surface area contributed by atoms with Gasteiger partial charge in [0.2, 0.25) is 0 Å². The van der Waals surface area contributed by atoms with Gasteiger partial charge in [-0.3, -0.25) is 14.5 Å². The molecule has 0 aliphatic rings. The fraction of sp³-hybridized carbons (Fsp3) is 0.818. The Morgan fingerprint density at radius 2 is 1.89 bits per heavy atom. The van der Waals surface area contributed by atoms with Crippen molar-refractivity contribution in [1.82, 2.24) is 4.90 Å². The van der Waals surface area contributed by atoms with Gasteiger partial charge in [-0.05, 0) is 26.3 Å². The molecule has 0 fully saturated rings. The first-order chi connectivity index (χ1) is 8.38. The zero-order chi connectivity index (χ0) is 14.1. The van der Waals surface area contributed by atoms with Gasteiger partial charge in [-0.25, -0.2) is 0 Å². The van der Waals surface area contributed by atoms with Crippen molar-refractivity contribution in [3.63, 3.8) is 0 Å². The molecule has 0 amide bonds. The minimum Gasteiger partial charge on any atom is -0.480 e. The van der Waals surface area contributed by atoms with E-state index in [1.807, 2.05) is 0 Å². The number of aliphatic hydroxyl groups excluding tert-OH is 1. The number of nitrogens with zero attached hydrogens (tertiary/aromatic N) is 1. The molecule has 0 rings (SSSR count). The Morgan fingerprint density at radius 1 is 1.28 bits per heavy atom. The monoisotopic (exact) mass is 262 g/mol. The Bertz CT molecular complexity index is 270. The maximum Gasteiger partial charge on any atom is 0.320 e. The average molecular weight is 262 g/mol. The lowest BCUT2D eigenvalue weighted by Crippen LogP contribution is -2.47. The Morgan fingerprint density at radius 3 is 2.28 bits per heavy atom. The Labute approximate surface area is 106 Å². The number of carboxylic acids is 2. The SMILES string of the molecule is CC(O)CN(CC(=O)O)C(CCCCN)C(=O)O. The lowest BCUT2D eigenvalue weighted by atomic mass is 10.1. The van der Waals surface area contributed by atoms with Crippen LogP contribution in [0.2, 0.25) is 0 Å². The van der Waals surface area contributed by atoms with Crippen molar-refractivity contribution in [2.45, 2.75) is 38.3 Å². The molecule has 0 saturated heterocycles. The molecule has 0 aromatic carbocycles. The molecule has 0 radical (unpaired) electrons. The van der Waals surface area contributed by atoms with Crippen LogP contribution in [0.25, 0.3) is 0 Å². The number of carbonyl (C=O) groups is 2. The predicted octanol–water partition coefficient (Wildman–Crippen LogP) is -0.664. The first-order valence-corrected chi connectivity index (χ1v) is 5.95. The molecule has 0 aliphatic carbocycles. The van der Waals surface area contributed by atoms with Crippen molar-refractivity contribution in [2.24, 2.45) is 5.73 Å². The van der Waals surface area contributed by atoms with Crippen molar-refractivity contribution in [3.05, 3.63) is 0 Å². The fourth-order valence-corrected chi connectivity index (χ4v) is 1.76. The Hall–Kier alpha value is -1.18. The van der Waals surface area contributed by atoms with E-state index in [0.717, 1.165) is 0 Å². The summed E-state index contributed by atoms with van der Waals surface area (Å²) in [5.41, 5.74) is 5.33. The quantitative estimate of drug-likeness (QED) is 0.385. The molecule has 5 N–H and O–H groups in total. The number of hydrogen-bond donors (Lipinski definition) is 4. The molecule has 2 atom stereocenters.